The number of rotatable bonds is 20. The standard InChI is InChI=1S/C31H48F3N5O3S/c1-2-3-4-5-6-7-8-9-10-11-12-13-14-15-24-43(40,41)39-22-20-38(21-23-39)30-25-29(35-26-36-30)37-27-16-18-28(19-17-27)42-31(32,33)34/h16-19,25-26H,2-15,20-24H2,1H3,(H,35,36,37). The third-order valence-electron chi connectivity index (χ3n) is 7.72. The molecule has 0 atom stereocenters. The van der Waals surface area contributed by atoms with Crippen LogP contribution in [0.15, 0.2) is 36.7 Å². The lowest BCUT2D eigenvalue weighted by Gasteiger charge is -2.34. The van der Waals surface area contributed by atoms with Gasteiger partial charge in [0.2, 0.25) is 10.0 Å². The largest absolute Gasteiger partial charge is 0.573 e. The summed E-state index contributed by atoms with van der Waals surface area (Å²) in [5.74, 6) is 1.01. The number of sulfonamides is 1. The summed E-state index contributed by atoms with van der Waals surface area (Å²) in [7, 11) is -3.29. The average Bonchev–Trinajstić information content (AvgIpc) is 2.98. The lowest BCUT2D eigenvalue weighted by molar-refractivity contribution is -0.274. The molecule has 1 aromatic heterocycles. The summed E-state index contributed by atoms with van der Waals surface area (Å²) in [4.78, 5) is 10.5. The van der Waals surface area contributed by atoms with Gasteiger partial charge in [-0.1, -0.05) is 90.4 Å². The summed E-state index contributed by atoms with van der Waals surface area (Å²) in [6.45, 7) is 4.07. The second kappa shape index (κ2) is 18.3. The molecule has 12 heteroatoms. The summed E-state index contributed by atoms with van der Waals surface area (Å²) in [5, 5.41) is 3.05. The molecule has 0 bridgehead atoms. The first kappa shape index (κ1) is 34.9. The van der Waals surface area contributed by atoms with Gasteiger partial charge in [-0.2, -0.15) is 4.31 Å². The molecule has 2 aromatic rings. The number of hydrogen-bond donors (Lipinski definition) is 1. The minimum atomic E-state index is -4.74. The van der Waals surface area contributed by atoms with Gasteiger partial charge in [-0.3, -0.25) is 0 Å². The Hall–Kier alpha value is -2.60. The number of nitrogens with one attached hydrogen (secondary N) is 1. The lowest BCUT2D eigenvalue weighted by Crippen LogP contribution is -2.49. The number of nitrogens with zero attached hydrogens (tertiary/aromatic N) is 4. The van der Waals surface area contributed by atoms with Crippen LogP contribution in [0.2, 0.25) is 0 Å². The molecule has 8 nitrogen and oxygen atoms in total. The van der Waals surface area contributed by atoms with Crippen LogP contribution in [0.4, 0.5) is 30.5 Å². The van der Waals surface area contributed by atoms with E-state index in [0.717, 1.165) is 12.8 Å². The number of halogens is 3. The van der Waals surface area contributed by atoms with Crippen molar-refractivity contribution in [3.05, 3.63) is 36.7 Å². The highest BCUT2D eigenvalue weighted by atomic mass is 32.2. The number of unbranched alkanes of at least 4 members (excludes halogenated alkanes) is 13. The smallest absolute Gasteiger partial charge is 0.406 e. The highest BCUT2D eigenvalue weighted by Crippen LogP contribution is 2.26. The molecule has 1 N–H and O–H groups in total. The van der Waals surface area contributed by atoms with E-state index in [9.17, 15) is 21.6 Å². The van der Waals surface area contributed by atoms with E-state index in [2.05, 4.69) is 26.9 Å². The van der Waals surface area contributed by atoms with Crippen LogP contribution in [0.3, 0.4) is 0 Å². The lowest BCUT2D eigenvalue weighted by atomic mass is 10.0. The fraction of sp³-hybridized carbons (Fsp3) is 0.677. The summed E-state index contributed by atoms with van der Waals surface area (Å²) < 4.78 is 68.4. The fourth-order valence-electron chi connectivity index (χ4n) is 5.28. The van der Waals surface area contributed by atoms with Crippen molar-refractivity contribution in [2.75, 3.05) is 42.1 Å². The van der Waals surface area contributed by atoms with Gasteiger partial charge in [0.15, 0.2) is 0 Å². The molecule has 0 aliphatic carbocycles. The predicted molar refractivity (Wildman–Crippen MR) is 166 cm³/mol. The van der Waals surface area contributed by atoms with E-state index in [1.165, 1.54) is 101 Å². The van der Waals surface area contributed by atoms with Crippen LogP contribution in [0.5, 0.6) is 5.75 Å². The monoisotopic (exact) mass is 627 g/mol. The Balaban J connectivity index is 1.30. The first-order valence-electron chi connectivity index (χ1n) is 15.8. The zero-order valence-corrected chi connectivity index (χ0v) is 26.3. The van der Waals surface area contributed by atoms with Crippen molar-refractivity contribution in [3.8, 4) is 5.75 Å². The molecule has 1 saturated heterocycles. The highest BCUT2D eigenvalue weighted by Gasteiger charge is 2.31. The molecule has 0 radical (unpaired) electrons. The maximum absolute atomic E-state index is 12.9. The number of hydrogen-bond acceptors (Lipinski definition) is 7. The molecule has 1 aliphatic heterocycles. The van der Waals surface area contributed by atoms with E-state index in [4.69, 9.17) is 0 Å². The Morgan fingerprint density at radius 2 is 1.33 bits per heavy atom. The molecular formula is C31H48F3N5O3S. The first-order valence-corrected chi connectivity index (χ1v) is 17.4. The van der Waals surface area contributed by atoms with E-state index >= 15 is 0 Å². The van der Waals surface area contributed by atoms with E-state index in [-0.39, 0.29) is 11.5 Å². The van der Waals surface area contributed by atoms with Gasteiger partial charge >= 0.3 is 6.36 Å². The Kier molecular flexibility index (Phi) is 14.8. The maximum atomic E-state index is 12.9. The van der Waals surface area contributed by atoms with Crippen LogP contribution in [0.25, 0.3) is 0 Å². The Morgan fingerprint density at radius 1 is 0.791 bits per heavy atom. The average molecular weight is 628 g/mol. The minimum absolute atomic E-state index is 0.194. The molecule has 1 aromatic carbocycles. The van der Waals surface area contributed by atoms with Crippen LogP contribution in [-0.2, 0) is 10.0 Å². The van der Waals surface area contributed by atoms with Gasteiger partial charge in [-0.25, -0.2) is 18.4 Å². The molecule has 0 saturated carbocycles. The van der Waals surface area contributed by atoms with E-state index in [1.807, 2.05) is 4.90 Å². The van der Waals surface area contributed by atoms with E-state index in [1.54, 1.807) is 10.4 Å². The van der Waals surface area contributed by atoms with Crippen LogP contribution in [0.1, 0.15) is 96.8 Å². The molecule has 0 spiro atoms. The zero-order valence-electron chi connectivity index (χ0n) is 25.5. The second-order valence-corrected chi connectivity index (χ2v) is 13.3. The van der Waals surface area contributed by atoms with Crippen molar-refractivity contribution in [1.29, 1.82) is 0 Å². The van der Waals surface area contributed by atoms with Crippen molar-refractivity contribution in [3.63, 3.8) is 0 Å². The predicted octanol–water partition coefficient (Wildman–Crippen LogP) is 8.05. The SMILES string of the molecule is CCCCCCCCCCCCCCCCS(=O)(=O)N1CCN(c2cc(Nc3ccc(OC(F)(F)F)cc3)ncn2)CC1. The van der Waals surface area contributed by atoms with Crippen molar-refractivity contribution in [2.45, 2.75) is 103 Å². The summed E-state index contributed by atoms with van der Waals surface area (Å²) in [6.07, 6.45) is 13.9. The number of piperazine rings is 1. The molecule has 1 fully saturated rings. The molecule has 1 aliphatic rings. The van der Waals surface area contributed by atoms with Gasteiger partial charge in [-0.05, 0) is 30.7 Å². The molecule has 2 heterocycles. The third-order valence-corrected chi connectivity index (χ3v) is 9.68. The van der Waals surface area contributed by atoms with Gasteiger partial charge in [0.25, 0.3) is 0 Å². The number of benzene rings is 1. The van der Waals surface area contributed by atoms with Gasteiger partial charge in [0.1, 0.15) is 23.7 Å². The van der Waals surface area contributed by atoms with E-state index in [0.29, 0.717) is 49.9 Å². The normalized spacial score (nSPS) is 14.7. The van der Waals surface area contributed by atoms with Crippen molar-refractivity contribution < 1.29 is 26.3 Å². The minimum Gasteiger partial charge on any atom is -0.406 e. The van der Waals surface area contributed by atoms with Crippen molar-refractivity contribution in [2.24, 2.45) is 0 Å². The molecule has 3 rings (SSSR count). The van der Waals surface area contributed by atoms with Gasteiger partial charge in [-0.15, -0.1) is 13.2 Å². The summed E-state index contributed by atoms with van der Waals surface area (Å²) in [5.41, 5.74) is 0.540. The number of aromatic nitrogens is 2. The quantitative estimate of drug-likeness (QED) is 0.149. The summed E-state index contributed by atoms with van der Waals surface area (Å²) >= 11 is 0. The Morgan fingerprint density at radius 3 is 1.86 bits per heavy atom. The molecule has 242 valence electrons. The molecular weight excluding hydrogens is 579 g/mol. The highest BCUT2D eigenvalue weighted by molar-refractivity contribution is 7.89. The van der Waals surface area contributed by atoms with Gasteiger partial charge in [0, 0.05) is 37.9 Å². The van der Waals surface area contributed by atoms with Crippen LogP contribution >= 0.6 is 0 Å². The second-order valence-electron chi connectivity index (χ2n) is 11.3. The number of alkyl halides is 3. The zero-order chi connectivity index (χ0) is 31.0. The van der Waals surface area contributed by atoms with Crippen LogP contribution in [0, 0.1) is 0 Å². The molecule has 43 heavy (non-hydrogen) atoms. The molecule has 0 unspecified atom stereocenters. The van der Waals surface area contributed by atoms with E-state index < -0.39 is 16.4 Å². The maximum Gasteiger partial charge on any atom is 0.573 e. The first-order chi connectivity index (χ1) is 20.7. The van der Waals surface area contributed by atoms with Crippen LogP contribution < -0.4 is 15.0 Å². The molecule has 0 amide bonds. The Labute approximate surface area is 255 Å². The third kappa shape index (κ3) is 13.7. The number of anilines is 3. The van der Waals surface area contributed by atoms with Crippen LogP contribution in [-0.4, -0.2) is 61.0 Å². The Bertz CT molecular complexity index is 1160. The van der Waals surface area contributed by atoms with Gasteiger partial charge < -0.3 is 15.0 Å². The van der Waals surface area contributed by atoms with Crippen molar-refractivity contribution in [1.82, 2.24) is 14.3 Å². The summed E-state index contributed by atoms with van der Waals surface area (Å²) in [6, 6.07) is 7.10. The number of ether oxygens (including phenoxy) is 1. The van der Waals surface area contributed by atoms with Crippen molar-refractivity contribution >= 4 is 27.3 Å². The van der Waals surface area contributed by atoms with Gasteiger partial charge in [0.05, 0.1) is 5.75 Å². The fourth-order valence-corrected chi connectivity index (χ4v) is 6.83. The topological polar surface area (TPSA) is 87.7 Å².